The van der Waals surface area contributed by atoms with Gasteiger partial charge >= 0.3 is 0 Å². The van der Waals surface area contributed by atoms with Gasteiger partial charge in [-0.15, -0.1) is 0 Å². The topological polar surface area (TPSA) is 38.7 Å². The lowest BCUT2D eigenvalue weighted by molar-refractivity contribution is 1.07. The van der Waals surface area contributed by atoms with Crippen LogP contribution in [0.25, 0.3) is 99.9 Å². The summed E-state index contributed by atoms with van der Waals surface area (Å²) in [5, 5.41) is 7.34. The smallest absolute Gasteiger partial charge is 0.164 e. The zero-order valence-corrected chi connectivity index (χ0v) is 29.4. The number of hydrogen-bond donors (Lipinski definition) is 0. The molecule has 3 nitrogen and oxygen atoms in total. The van der Waals surface area contributed by atoms with Crippen LogP contribution < -0.4 is 0 Å². The van der Waals surface area contributed by atoms with E-state index in [0.717, 1.165) is 33.4 Å². The predicted molar refractivity (Wildman–Crippen MR) is 225 cm³/mol. The summed E-state index contributed by atoms with van der Waals surface area (Å²) in [6, 6.07) is 70.7. The maximum atomic E-state index is 5.14. The molecule has 10 aromatic rings. The molecule has 0 saturated heterocycles. The lowest BCUT2D eigenvalue weighted by Crippen LogP contribution is -2.01. The fourth-order valence-corrected chi connectivity index (χ4v) is 7.51. The first-order valence-electron chi connectivity index (χ1n) is 18.3. The summed E-state index contributed by atoms with van der Waals surface area (Å²) in [7, 11) is 0. The Labute approximate surface area is 313 Å². The van der Waals surface area contributed by atoms with Gasteiger partial charge in [-0.25, -0.2) is 15.0 Å². The average Bonchev–Trinajstić information content (AvgIpc) is 3.26. The maximum Gasteiger partial charge on any atom is 0.164 e. The third kappa shape index (κ3) is 5.88. The van der Waals surface area contributed by atoms with Crippen LogP contribution >= 0.6 is 0 Å². The van der Waals surface area contributed by atoms with Crippen molar-refractivity contribution in [3.63, 3.8) is 0 Å². The molecule has 0 aliphatic heterocycles. The molecule has 0 spiro atoms. The van der Waals surface area contributed by atoms with Gasteiger partial charge < -0.3 is 0 Å². The maximum absolute atomic E-state index is 5.14. The fraction of sp³-hybridized carbons (Fsp3) is 0. The highest BCUT2D eigenvalue weighted by molar-refractivity contribution is 5.97. The summed E-state index contributed by atoms with van der Waals surface area (Å²) in [6.07, 6.45) is 0. The molecule has 0 amide bonds. The minimum absolute atomic E-state index is 0.637. The van der Waals surface area contributed by atoms with Crippen LogP contribution in [-0.4, -0.2) is 15.0 Å². The van der Waals surface area contributed by atoms with Gasteiger partial charge in [-0.3, -0.25) is 0 Å². The number of hydrogen-bond acceptors (Lipinski definition) is 3. The molecule has 0 saturated carbocycles. The van der Waals surface area contributed by atoms with Gasteiger partial charge in [-0.1, -0.05) is 182 Å². The van der Waals surface area contributed by atoms with Crippen molar-refractivity contribution in [3.05, 3.63) is 200 Å². The van der Waals surface area contributed by atoms with Crippen molar-refractivity contribution in [3.8, 4) is 67.5 Å². The van der Waals surface area contributed by atoms with Crippen LogP contribution in [-0.2, 0) is 0 Å². The number of aromatic nitrogens is 3. The first kappa shape index (κ1) is 31.5. The molecular formula is C51H33N3. The van der Waals surface area contributed by atoms with Crippen molar-refractivity contribution in [1.82, 2.24) is 15.0 Å². The van der Waals surface area contributed by atoms with Crippen molar-refractivity contribution in [2.75, 3.05) is 0 Å². The quantitative estimate of drug-likeness (QED) is 0.175. The Kier molecular flexibility index (Phi) is 7.81. The summed E-state index contributed by atoms with van der Waals surface area (Å²) in [5.74, 6) is 1.92. The molecule has 3 heteroatoms. The molecule has 0 fully saturated rings. The van der Waals surface area contributed by atoms with Crippen LogP contribution in [0.3, 0.4) is 0 Å². The number of benzene rings is 9. The molecule has 0 bridgehead atoms. The van der Waals surface area contributed by atoms with Crippen LogP contribution in [0.15, 0.2) is 200 Å². The van der Waals surface area contributed by atoms with E-state index in [-0.39, 0.29) is 0 Å². The van der Waals surface area contributed by atoms with Gasteiger partial charge in [0.1, 0.15) is 0 Å². The van der Waals surface area contributed by atoms with E-state index < -0.39 is 0 Å². The zero-order valence-electron chi connectivity index (χ0n) is 29.4. The molecule has 0 unspecified atom stereocenters. The zero-order chi connectivity index (χ0) is 35.8. The lowest BCUT2D eigenvalue weighted by Gasteiger charge is -2.13. The summed E-state index contributed by atoms with van der Waals surface area (Å²) in [5.41, 5.74) is 9.79. The van der Waals surface area contributed by atoms with Gasteiger partial charge in [0.25, 0.3) is 0 Å². The van der Waals surface area contributed by atoms with E-state index in [1.165, 1.54) is 49.0 Å². The summed E-state index contributed by atoms with van der Waals surface area (Å²) < 4.78 is 0. The van der Waals surface area contributed by atoms with Crippen LogP contribution in [0.2, 0.25) is 0 Å². The molecular weight excluding hydrogens is 655 g/mol. The van der Waals surface area contributed by atoms with E-state index in [4.69, 9.17) is 15.0 Å². The van der Waals surface area contributed by atoms with Gasteiger partial charge in [0.15, 0.2) is 17.5 Å². The highest BCUT2D eigenvalue weighted by atomic mass is 15.0. The van der Waals surface area contributed by atoms with Gasteiger partial charge in [0, 0.05) is 16.7 Å². The van der Waals surface area contributed by atoms with Crippen molar-refractivity contribution in [2.45, 2.75) is 0 Å². The Morgan fingerprint density at radius 3 is 1.41 bits per heavy atom. The molecule has 0 atom stereocenters. The number of fused-ring (bicyclic) bond motifs is 3. The number of nitrogens with zero attached hydrogens (tertiary/aromatic N) is 3. The normalized spacial score (nSPS) is 11.3. The second-order valence-corrected chi connectivity index (χ2v) is 13.7. The van der Waals surface area contributed by atoms with Crippen molar-refractivity contribution in [1.29, 1.82) is 0 Å². The standard InChI is InChI=1S/C51H33N3/c1-2-13-37(14-3-1)49-52-50(38-24-22-36(23-25-38)46-20-10-16-35-12-6-7-17-45(35)46)54-51(53-49)48-19-9-8-18-47(48)44-30-29-42-32-41(27-28-43(42)33-44)40-26-21-34-11-4-5-15-39(34)31-40/h1-33H. The lowest BCUT2D eigenvalue weighted by atomic mass is 9.94. The number of rotatable bonds is 6. The Bertz CT molecular complexity index is 2980. The third-order valence-electron chi connectivity index (χ3n) is 10.3. The van der Waals surface area contributed by atoms with Crippen molar-refractivity contribution >= 4 is 32.3 Å². The van der Waals surface area contributed by atoms with Gasteiger partial charge in [0.2, 0.25) is 0 Å². The van der Waals surface area contributed by atoms with E-state index in [1.54, 1.807) is 0 Å². The second-order valence-electron chi connectivity index (χ2n) is 13.7. The van der Waals surface area contributed by atoms with Crippen LogP contribution in [0, 0.1) is 0 Å². The van der Waals surface area contributed by atoms with Gasteiger partial charge in [-0.2, -0.15) is 0 Å². The monoisotopic (exact) mass is 687 g/mol. The Morgan fingerprint density at radius 2 is 0.667 bits per heavy atom. The molecule has 0 aliphatic carbocycles. The summed E-state index contributed by atoms with van der Waals surface area (Å²) in [4.78, 5) is 15.3. The average molecular weight is 688 g/mol. The minimum Gasteiger partial charge on any atom is -0.208 e. The highest BCUT2D eigenvalue weighted by Gasteiger charge is 2.16. The first-order chi connectivity index (χ1) is 26.7. The van der Waals surface area contributed by atoms with Crippen molar-refractivity contribution < 1.29 is 0 Å². The van der Waals surface area contributed by atoms with E-state index in [0.29, 0.717) is 17.5 Å². The van der Waals surface area contributed by atoms with Gasteiger partial charge in [0.05, 0.1) is 0 Å². The van der Waals surface area contributed by atoms with Crippen LogP contribution in [0.1, 0.15) is 0 Å². The first-order valence-corrected chi connectivity index (χ1v) is 18.3. The Morgan fingerprint density at radius 1 is 0.222 bits per heavy atom. The molecule has 252 valence electrons. The molecule has 54 heavy (non-hydrogen) atoms. The van der Waals surface area contributed by atoms with Gasteiger partial charge in [-0.05, 0) is 83.9 Å². The Balaban J connectivity index is 1.04. The van der Waals surface area contributed by atoms with Crippen LogP contribution in [0.5, 0.6) is 0 Å². The molecule has 0 radical (unpaired) electrons. The minimum atomic E-state index is 0.637. The van der Waals surface area contributed by atoms with E-state index >= 15 is 0 Å². The summed E-state index contributed by atoms with van der Waals surface area (Å²) >= 11 is 0. The van der Waals surface area contributed by atoms with E-state index in [1.807, 2.05) is 30.3 Å². The Hall–Kier alpha value is -7.23. The second kappa shape index (κ2) is 13.4. The van der Waals surface area contributed by atoms with E-state index in [9.17, 15) is 0 Å². The highest BCUT2D eigenvalue weighted by Crippen LogP contribution is 2.36. The summed E-state index contributed by atoms with van der Waals surface area (Å²) in [6.45, 7) is 0. The molecule has 1 aromatic heterocycles. The molecule has 0 aliphatic rings. The fourth-order valence-electron chi connectivity index (χ4n) is 7.51. The van der Waals surface area contributed by atoms with E-state index in [2.05, 4.69) is 170 Å². The van der Waals surface area contributed by atoms with Crippen LogP contribution in [0.4, 0.5) is 0 Å². The SMILES string of the molecule is c1ccc(-c2nc(-c3ccc(-c4cccc5ccccc45)cc3)nc(-c3ccccc3-c3ccc4cc(-c5ccc6ccccc6c5)ccc4c3)n2)cc1. The molecule has 10 rings (SSSR count). The van der Waals surface area contributed by atoms with Crippen molar-refractivity contribution in [2.24, 2.45) is 0 Å². The molecule has 0 N–H and O–H groups in total. The third-order valence-corrected chi connectivity index (χ3v) is 10.3. The molecule has 9 aromatic carbocycles. The predicted octanol–water partition coefficient (Wildman–Crippen LogP) is 13.3. The largest absolute Gasteiger partial charge is 0.208 e. The molecule has 1 heterocycles.